The Balaban J connectivity index is 2.27. The lowest BCUT2D eigenvalue weighted by atomic mass is 10.0. The molecule has 0 saturated heterocycles. The summed E-state index contributed by atoms with van der Waals surface area (Å²) in [5.74, 6) is 6.54. The van der Waals surface area contributed by atoms with Crippen molar-refractivity contribution in [2.24, 2.45) is 0 Å². The minimum atomic E-state index is -0.125. The van der Waals surface area contributed by atoms with Gasteiger partial charge in [-0.05, 0) is 18.9 Å². The van der Waals surface area contributed by atoms with Crippen LogP contribution in [-0.2, 0) is 24.2 Å². The van der Waals surface area contributed by atoms with Gasteiger partial charge in [0.2, 0.25) is 0 Å². The predicted octanol–water partition coefficient (Wildman–Crippen LogP) is 1.59. The fourth-order valence-electron chi connectivity index (χ4n) is 2.50. The number of hydrogen-bond acceptors (Lipinski definition) is 5. The number of hydrogen-bond donors (Lipinski definition) is 1. The van der Waals surface area contributed by atoms with Crippen molar-refractivity contribution in [2.75, 3.05) is 5.84 Å². The highest BCUT2D eigenvalue weighted by atomic mass is 32.1. The summed E-state index contributed by atoms with van der Waals surface area (Å²) in [5, 5.41) is 0.692. The molecule has 19 heavy (non-hydrogen) atoms. The summed E-state index contributed by atoms with van der Waals surface area (Å²) < 4.78 is 6.83. The lowest BCUT2D eigenvalue weighted by Gasteiger charge is -2.19. The Kier molecular flexibility index (Phi) is 3.06. The van der Waals surface area contributed by atoms with Crippen LogP contribution in [0.4, 0.5) is 0 Å². The lowest BCUT2D eigenvalue weighted by Crippen LogP contribution is -2.32. The Hall–Kier alpha value is -1.40. The quantitative estimate of drug-likeness (QED) is 0.847. The second kappa shape index (κ2) is 4.61. The number of fused-ring (bicyclic) bond motifs is 3. The summed E-state index contributed by atoms with van der Waals surface area (Å²) in [5.41, 5.74) is 0.957. The van der Waals surface area contributed by atoms with Gasteiger partial charge in [0, 0.05) is 17.7 Å². The molecular weight excluding hydrogens is 262 g/mol. The summed E-state index contributed by atoms with van der Waals surface area (Å²) in [6.07, 6.45) is 2.54. The van der Waals surface area contributed by atoms with Crippen molar-refractivity contribution in [3.05, 3.63) is 26.6 Å². The third kappa shape index (κ3) is 1.95. The van der Waals surface area contributed by atoms with Crippen LogP contribution in [0.15, 0.2) is 4.79 Å². The molecule has 0 spiro atoms. The van der Waals surface area contributed by atoms with Gasteiger partial charge in [-0.3, -0.25) is 4.79 Å². The maximum atomic E-state index is 12.4. The molecule has 3 heterocycles. The van der Waals surface area contributed by atoms with Crippen molar-refractivity contribution in [3.8, 4) is 0 Å². The van der Waals surface area contributed by atoms with E-state index in [0.29, 0.717) is 17.8 Å². The Morgan fingerprint density at radius 3 is 3.11 bits per heavy atom. The van der Waals surface area contributed by atoms with Crippen LogP contribution in [0.2, 0.25) is 0 Å². The largest absolute Gasteiger partial charge is 0.373 e. The predicted molar refractivity (Wildman–Crippen MR) is 76.0 cm³/mol. The van der Waals surface area contributed by atoms with Crippen molar-refractivity contribution in [1.29, 1.82) is 0 Å². The summed E-state index contributed by atoms with van der Waals surface area (Å²) in [4.78, 5) is 18.9. The Bertz CT molecular complexity index is 689. The van der Waals surface area contributed by atoms with E-state index in [2.05, 4.69) is 4.98 Å². The van der Waals surface area contributed by atoms with Crippen LogP contribution in [0, 0.1) is 0 Å². The van der Waals surface area contributed by atoms with Gasteiger partial charge >= 0.3 is 0 Å². The van der Waals surface area contributed by atoms with E-state index in [1.54, 1.807) is 11.3 Å². The standard InChI is InChI=1S/C13H17N3O2S/c1-3-4-10-15-12-11(13(17)16(10)14)8-5-7(2)18-6-9(8)19-12/h7H,3-6,14H2,1-2H3. The van der Waals surface area contributed by atoms with Gasteiger partial charge in [0.15, 0.2) is 0 Å². The van der Waals surface area contributed by atoms with Gasteiger partial charge in [-0.25, -0.2) is 9.66 Å². The molecule has 2 aromatic rings. The molecule has 2 aromatic heterocycles. The molecule has 3 rings (SSSR count). The third-order valence-corrected chi connectivity index (χ3v) is 4.58. The van der Waals surface area contributed by atoms with E-state index >= 15 is 0 Å². The summed E-state index contributed by atoms with van der Waals surface area (Å²) in [6, 6.07) is 0. The van der Waals surface area contributed by atoms with Crippen LogP contribution in [-0.4, -0.2) is 15.8 Å². The van der Waals surface area contributed by atoms with Crippen molar-refractivity contribution in [3.63, 3.8) is 0 Å². The normalized spacial score (nSPS) is 18.7. The molecule has 5 nitrogen and oxygen atoms in total. The molecule has 102 valence electrons. The number of nitrogens with two attached hydrogens (primary N) is 1. The van der Waals surface area contributed by atoms with E-state index in [1.807, 2.05) is 13.8 Å². The number of aryl methyl sites for hydroxylation is 1. The van der Waals surface area contributed by atoms with Crippen molar-refractivity contribution in [2.45, 2.75) is 45.8 Å². The van der Waals surface area contributed by atoms with E-state index < -0.39 is 0 Å². The maximum absolute atomic E-state index is 12.4. The van der Waals surface area contributed by atoms with Gasteiger partial charge in [0.1, 0.15) is 10.7 Å². The molecule has 1 aliphatic rings. The Morgan fingerprint density at radius 2 is 2.37 bits per heavy atom. The molecule has 0 aromatic carbocycles. The van der Waals surface area contributed by atoms with E-state index in [4.69, 9.17) is 10.6 Å². The van der Waals surface area contributed by atoms with E-state index in [9.17, 15) is 4.79 Å². The molecule has 0 aliphatic carbocycles. The molecule has 0 radical (unpaired) electrons. The summed E-state index contributed by atoms with van der Waals surface area (Å²) in [7, 11) is 0. The van der Waals surface area contributed by atoms with E-state index in [1.165, 1.54) is 4.68 Å². The highest BCUT2D eigenvalue weighted by molar-refractivity contribution is 7.18. The van der Waals surface area contributed by atoms with Crippen LogP contribution in [0.1, 0.15) is 36.5 Å². The van der Waals surface area contributed by atoms with Crippen molar-refractivity contribution < 1.29 is 4.74 Å². The van der Waals surface area contributed by atoms with Crippen LogP contribution in [0.25, 0.3) is 10.2 Å². The smallest absolute Gasteiger partial charge is 0.280 e. The molecule has 1 unspecified atom stereocenters. The number of aromatic nitrogens is 2. The van der Waals surface area contributed by atoms with E-state index in [-0.39, 0.29) is 11.7 Å². The lowest BCUT2D eigenvalue weighted by molar-refractivity contribution is 0.0437. The first-order valence-corrected chi connectivity index (χ1v) is 7.36. The second-order valence-corrected chi connectivity index (χ2v) is 6.05. The molecule has 1 aliphatic heterocycles. The zero-order valence-corrected chi connectivity index (χ0v) is 11.9. The molecule has 0 saturated carbocycles. The number of rotatable bonds is 2. The molecule has 1 atom stereocenters. The third-order valence-electron chi connectivity index (χ3n) is 3.48. The summed E-state index contributed by atoms with van der Waals surface area (Å²) >= 11 is 1.56. The molecule has 0 bridgehead atoms. The Morgan fingerprint density at radius 1 is 1.58 bits per heavy atom. The Labute approximate surface area is 115 Å². The molecule has 0 fully saturated rings. The fraction of sp³-hybridized carbons (Fsp3) is 0.538. The van der Waals surface area contributed by atoms with Gasteiger partial charge in [-0.1, -0.05) is 6.92 Å². The van der Waals surface area contributed by atoms with Gasteiger partial charge in [-0.15, -0.1) is 11.3 Å². The van der Waals surface area contributed by atoms with Gasteiger partial charge < -0.3 is 10.6 Å². The molecule has 2 N–H and O–H groups in total. The van der Waals surface area contributed by atoms with E-state index in [0.717, 1.165) is 34.5 Å². The zero-order valence-electron chi connectivity index (χ0n) is 11.1. The molecular formula is C13H17N3O2S. The van der Waals surface area contributed by atoms with Crippen molar-refractivity contribution >= 4 is 21.6 Å². The number of nitrogen functional groups attached to an aromatic ring is 1. The highest BCUT2D eigenvalue weighted by Gasteiger charge is 2.24. The molecule has 0 amide bonds. The van der Waals surface area contributed by atoms with Crippen molar-refractivity contribution in [1.82, 2.24) is 9.66 Å². The first-order chi connectivity index (χ1) is 9.11. The first-order valence-electron chi connectivity index (χ1n) is 6.54. The zero-order chi connectivity index (χ0) is 13.6. The van der Waals surface area contributed by atoms with Gasteiger partial charge in [0.25, 0.3) is 5.56 Å². The number of thiophene rings is 1. The van der Waals surface area contributed by atoms with Crippen LogP contribution in [0.3, 0.4) is 0 Å². The van der Waals surface area contributed by atoms with Crippen LogP contribution in [0.5, 0.6) is 0 Å². The average molecular weight is 279 g/mol. The first kappa shape index (κ1) is 12.6. The monoisotopic (exact) mass is 279 g/mol. The molecule has 6 heteroatoms. The van der Waals surface area contributed by atoms with Gasteiger partial charge in [-0.2, -0.15) is 0 Å². The second-order valence-electron chi connectivity index (χ2n) is 4.96. The topological polar surface area (TPSA) is 70.1 Å². The fourth-order valence-corrected chi connectivity index (χ4v) is 3.64. The highest BCUT2D eigenvalue weighted by Crippen LogP contribution is 2.33. The van der Waals surface area contributed by atoms with Crippen LogP contribution < -0.4 is 11.4 Å². The minimum absolute atomic E-state index is 0.125. The van der Waals surface area contributed by atoms with Gasteiger partial charge in [0.05, 0.1) is 18.1 Å². The van der Waals surface area contributed by atoms with Crippen LogP contribution >= 0.6 is 11.3 Å². The maximum Gasteiger partial charge on any atom is 0.280 e. The summed E-state index contributed by atoms with van der Waals surface area (Å²) in [6.45, 7) is 4.64. The number of nitrogens with zero attached hydrogens (tertiary/aromatic N) is 2. The SMILES string of the molecule is CCCc1nc2sc3c(c2c(=O)n1N)CC(C)OC3. The number of ether oxygens (including phenoxy) is 1. The average Bonchev–Trinajstić information content (AvgIpc) is 2.73. The minimum Gasteiger partial charge on any atom is -0.373 e.